The summed E-state index contributed by atoms with van der Waals surface area (Å²) in [4.78, 5) is 27.0. The summed E-state index contributed by atoms with van der Waals surface area (Å²) >= 11 is 0. The van der Waals surface area contributed by atoms with Crippen molar-refractivity contribution in [2.24, 2.45) is 41.2 Å². The Morgan fingerprint density at radius 2 is 1.83 bits per heavy atom. The molecule has 0 aromatic carbocycles. The lowest BCUT2D eigenvalue weighted by Gasteiger charge is -2.32. The fraction of sp³-hybridized carbons (Fsp3) is 0.882. The summed E-state index contributed by atoms with van der Waals surface area (Å²) in [5.74, 6) is 3.73. The molecule has 1 aliphatic heterocycles. The number of nitrogens with zero attached hydrogens (tertiary/aromatic N) is 1. The van der Waals surface area contributed by atoms with Crippen molar-refractivity contribution in [3.05, 3.63) is 0 Å². The van der Waals surface area contributed by atoms with Gasteiger partial charge < -0.3 is 16.0 Å². The maximum atomic E-state index is 12.8. The van der Waals surface area contributed by atoms with E-state index in [1.807, 2.05) is 4.90 Å². The number of carbonyl (C=O) groups is 2. The number of fused-ring (bicyclic) bond motifs is 5. The lowest BCUT2D eigenvalue weighted by molar-refractivity contribution is -0.137. The first kappa shape index (κ1) is 17.0. The van der Waals surface area contributed by atoms with E-state index in [4.69, 9.17) is 5.73 Å². The van der Waals surface area contributed by atoms with Crippen LogP contribution in [-0.4, -0.2) is 42.9 Å². The first-order chi connectivity index (χ1) is 10.7. The molecular weight excluding hydrogens is 314 g/mol. The smallest absolute Gasteiger partial charge is 0.226 e. The minimum atomic E-state index is -0.0421. The third-order valence-corrected chi connectivity index (χ3v) is 6.57. The van der Waals surface area contributed by atoms with Crippen LogP contribution in [0, 0.1) is 35.5 Å². The fourth-order valence-electron chi connectivity index (χ4n) is 5.60. The van der Waals surface area contributed by atoms with E-state index in [9.17, 15) is 9.59 Å². The number of amides is 2. The summed E-state index contributed by atoms with van der Waals surface area (Å²) in [5, 5.41) is 2.87. The van der Waals surface area contributed by atoms with Crippen molar-refractivity contribution in [1.29, 1.82) is 0 Å². The Labute approximate surface area is 144 Å². The minimum absolute atomic E-state index is 0. The number of halogens is 1. The highest BCUT2D eigenvalue weighted by atomic mass is 35.5. The van der Waals surface area contributed by atoms with Crippen molar-refractivity contribution in [2.45, 2.75) is 32.1 Å². The molecule has 2 bridgehead atoms. The van der Waals surface area contributed by atoms with Crippen LogP contribution in [0.3, 0.4) is 0 Å². The molecule has 130 valence electrons. The number of hydrogen-bond donors (Lipinski definition) is 2. The van der Waals surface area contributed by atoms with Crippen molar-refractivity contribution >= 4 is 24.2 Å². The maximum absolute atomic E-state index is 12.8. The maximum Gasteiger partial charge on any atom is 0.226 e. The number of nitrogens with one attached hydrogen (secondary N) is 1. The number of piperidine rings is 1. The van der Waals surface area contributed by atoms with Crippen LogP contribution in [0.4, 0.5) is 0 Å². The highest BCUT2D eigenvalue weighted by Gasteiger charge is 2.68. The van der Waals surface area contributed by atoms with Crippen LogP contribution in [0.2, 0.25) is 0 Å². The summed E-state index contributed by atoms with van der Waals surface area (Å²) < 4.78 is 0. The Bertz CT molecular complexity index is 470. The Morgan fingerprint density at radius 3 is 2.48 bits per heavy atom. The Balaban J connectivity index is 0.00000156. The van der Waals surface area contributed by atoms with E-state index in [1.54, 1.807) is 0 Å². The third kappa shape index (κ3) is 2.86. The summed E-state index contributed by atoms with van der Waals surface area (Å²) in [6.07, 6.45) is 5.91. The van der Waals surface area contributed by atoms with Crippen LogP contribution in [0.1, 0.15) is 32.1 Å². The van der Waals surface area contributed by atoms with Crippen molar-refractivity contribution in [3.63, 3.8) is 0 Å². The van der Waals surface area contributed by atoms with E-state index in [0.717, 1.165) is 31.2 Å². The molecule has 4 rings (SSSR count). The molecule has 0 aromatic heterocycles. The van der Waals surface area contributed by atoms with Gasteiger partial charge in [0, 0.05) is 32.1 Å². The van der Waals surface area contributed by atoms with Gasteiger partial charge in [-0.05, 0) is 55.8 Å². The average molecular weight is 342 g/mol. The normalized spacial score (nSPS) is 40.3. The van der Waals surface area contributed by atoms with Gasteiger partial charge in [-0.15, -0.1) is 12.4 Å². The number of nitrogens with two attached hydrogens (primary N) is 1. The molecule has 23 heavy (non-hydrogen) atoms. The molecule has 1 saturated heterocycles. The number of carbonyl (C=O) groups excluding carboxylic acids is 2. The number of hydrogen-bond acceptors (Lipinski definition) is 3. The van der Waals surface area contributed by atoms with Crippen molar-refractivity contribution in [3.8, 4) is 0 Å². The van der Waals surface area contributed by atoms with Crippen LogP contribution in [0.5, 0.6) is 0 Å². The van der Waals surface area contributed by atoms with Gasteiger partial charge in [-0.3, -0.25) is 9.59 Å². The van der Waals surface area contributed by atoms with Gasteiger partial charge in [0.15, 0.2) is 0 Å². The second-order valence-corrected chi connectivity index (χ2v) is 7.72. The molecule has 1 heterocycles. The molecule has 3 saturated carbocycles. The summed E-state index contributed by atoms with van der Waals surface area (Å²) in [7, 11) is 0. The lowest BCUT2D eigenvalue weighted by Crippen LogP contribution is -2.47. The molecule has 5 unspecified atom stereocenters. The van der Waals surface area contributed by atoms with Crippen LogP contribution in [0.15, 0.2) is 0 Å². The third-order valence-electron chi connectivity index (χ3n) is 6.57. The molecule has 5 atom stereocenters. The van der Waals surface area contributed by atoms with Gasteiger partial charge in [0.2, 0.25) is 11.8 Å². The molecule has 6 heteroatoms. The van der Waals surface area contributed by atoms with Gasteiger partial charge in [0.1, 0.15) is 0 Å². The molecule has 3 N–H and O–H groups in total. The molecule has 4 aliphatic rings. The van der Waals surface area contributed by atoms with E-state index in [0.29, 0.717) is 43.3 Å². The van der Waals surface area contributed by atoms with E-state index >= 15 is 0 Å². The van der Waals surface area contributed by atoms with Gasteiger partial charge in [0.25, 0.3) is 0 Å². The molecular formula is C17H28ClN3O2. The topological polar surface area (TPSA) is 75.4 Å². The van der Waals surface area contributed by atoms with E-state index in [2.05, 4.69) is 5.32 Å². The SMILES string of the molecule is Cl.NCCNC(=O)C1CCCN(C(=O)C2C3C4CCC(C4)C23)C1. The second kappa shape index (κ2) is 6.60. The van der Waals surface area contributed by atoms with E-state index in [1.165, 1.54) is 19.3 Å². The molecule has 5 nitrogen and oxygen atoms in total. The van der Waals surface area contributed by atoms with Crippen molar-refractivity contribution in [1.82, 2.24) is 10.2 Å². The zero-order chi connectivity index (χ0) is 15.3. The van der Waals surface area contributed by atoms with Crippen LogP contribution >= 0.6 is 12.4 Å². The van der Waals surface area contributed by atoms with Gasteiger partial charge >= 0.3 is 0 Å². The molecule has 3 aliphatic carbocycles. The van der Waals surface area contributed by atoms with E-state index < -0.39 is 0 Å². The quantitative estimate of drug-likeness (QED) is 0.801. The fourth-order valence-corrected chi connectivity index (χ4v) is 5.60. The number of likely N-dealkylation sites (tertiary alicyclic amines) is 1. The average Bonchev–Trinajstić information content (AvgIpc) is 2.98. The van der Waals surface area contributed by atoms with Crippen molar-refractivity contribution < 1.29 is 9.59 Å². The second-order valence-electron chi connectivity index (χ2n) is 7.72. The Kier molecular flexibility index (Phi) is 4.88. The van der Waals surface area contributed by atoms with Crippen LogP contribution < -0.4 is 11.1 Å². The summed E-state index contributed by atoms with van der Waals surface area (Å²) in [5.41, 5.74) is 5.43. The van der Waals surface area contributed by atoms with Gasteiger partial charge in [-0.2, -0.15) is 0 Å². The lowest BCUT2D eigenvalue weighted by atomic mass is 9.95. The zero-order valence-corrected chi connectivity index (χ0v) is 14.4. The standard InChI is InChI=1S/C17H27N3O2.ClH/c18-5-6-19-16(21)12-2-1-7-20(9-12)17(22)15-13-10-3-4-11(8-10)14(13)15;/h10-15H,1-9,18H2,(H,19,21);1H. The van der Waals surface area contributed by atoms with Gasteiger partial charge in [-0.1, -0.05) is 0 Å². The van der Waals surface area contributed by atoms with Gasteiger partial charge in [-0.25, -0.2) is 0 Å². The summed E-state index contributed by atoms with van der Waals surface area (Å²) in [6, 6.07) is 0. The van der Waals surface area contributed by atoms with Crippen molar-refractivity contribution in [2.75, 3.05) is 26.2 Å². The van der Waals surface area contributed by atoms with Gasteiger partial charge in [0.05, 0.1) is 5.92 Å². The largest absolute Gasteiger partial charge is 0.355 e. The van der Waals surface area contributed by atoms with Crippen LogP contribution in [-0.2, 0) is 9.59 Å². The molecule has 0 spiro atoms. The predicted octanol–water partition coefficient (Wildman–Crippen LogP) is 1.01. The predicted molar refractivity (Wildman–Crippen MR) is 89.9 cm³/mol. The molecule has 0 radical (unpaired) electrons. The minimum Gasteiger partial charge on any atom is -0.355 e. The Hall–Kier alpha value is -0.810. The first-order valence-electron chi connectivity index (χ1n) is 8.97. The molecule has 4 fully saturated rings. The van der Waals surface area contributed by atoms with E-state index in [-0.39, 0.29) is 24.2 Å². The highest BCUT2D eigenvalue weighted by molar-refractivity contribution is 5.85. The zero-order valence-electron chi connectivity index (χ0n) is 13.6. The first-order valence-corrected chi connectivity index (χ1v) is 8.97. The van der Waals surface area contributed by atoms with Crippen LogP contribution in [0.25, 0.3) is 0 Å². The molecule has 2 amide bonds. The highest BCUT2D eigenvalue weighted by Crippen LogP contribution is 2.69. The summed E-state index contributed by atoms with van der Waals surface area (Å²) in [6.45, 7) is 2.44. The monoisotopic (exact) mass is 341 g/mol. The number of rotatable bonds is 4. The Morgan fingerprint density at radius 1 is 1.13 bits per heavy atom. The molecule has 0 aromatic rings.